The van der Waals surface area contributed by atoms with Crippen molar-refractivity contribution in [3.05, 3.63) is 63.0 Å². The highest BCUT2D eigenvalue weighted by Gasteiger charge is 2.31. The molecule has 4 rings (SSSR count). The summed E-state index contributed by atoms with van der Waals surface area (Å²) in [7, 11) is 0. The van der Waals surface area contributed by atoms with Crippen molar-refractivity contribution in [2.45, 2.75) is 40.7 Å². The number of carbonyl (C=O) groups excluding carboxylic acids is 1. The van der Waals surface area contributed by atoms with E-state index >= 15 is 0 Å². The van der Waals surface area contributed by atoms with Gasteiger partial charge in [0, 0.05) is 28.1 Å². The molecule has 1 aliphatic rings. The van der Waals surface area contributed by atoms with E-state index in [1.54, 1.807) is 11.3 Å². The third-order valence-corrected chi connectivity index (χ3v) is 6.42. The second-order valence-electron chi connectivity index (χ2n) is 8.50. The van der Waals surface area contributed by atoms with Gasteiger partial charge in [0.25, 0.3) is 0 Å². The zero-order valence-electron chi connectivity index (χ0n) is 17.7. The van der Waals surface area contributed by atoms with Crippen molar-refractivity contribution < 1.29 is 4.79 Å². The summed E-state index contributed by atoms with van der Waals surface area (Å²) >= 11 is 7.77. The van der Waals surface area contributed by atoms with E-state index in [4.69, 9.17) is 16.6 Å². The number of aryl methyl sites for hydroxylation is 2. The van der Waals surface area contributed by atoms with Gasteiger partial charge in [-0.05, 0) is 36.9 Å². The number of nitrogens with zero attached hydrogens (tertiary/aromatic N) is 4. The van der Waals surface area contributed by atoms with E-state index < -0.39 is 5.41 Å². The lowest BCUT2D eigenvalue weighted by atomic mass is 9.95. The van der Waals surface area contributed by atoms with Crippen LogP contribution in [0.15, 0.2) is 34.6 Å². The van der Waals surface area contributed by atoms with Crippen LogP contribution in [0.3, 0.4) is 0 Å². The van der Waals surface area contributed by atoms with Gasteiger partial charge in [-0.15, -0.1) is 21.5 Å². The normalized spacial score (nSPS) is 15.8. The summed E-state index contributed by atoms with van der Waals surface area (Å²) in [6.45, 7) is 10.1. The van der Waals surface area contributed by atoms with Crippen LogP contribution in [0.25, 0.3) is 5.00 Å². The number of benzene rings is 1. The molecule has 8 heteroatoms. The zero-order valence-corrected chi connectivity index (χ0v) is 19.2. The van der Waals surface area contributed by atoms with Crippen molar-refractivity contribution in [3.8, 4) is 5.00 Å². The Morgan fingerprint density at radius 3 is 2.57 bits per heavy atom. The monoisotopic (exact) mass is 441 g/mol. The fourth-order valence-electron chi connectivity index (χ4n) is 3.42. The predicted molar refractivity (Wildman–Crippen MR) is 121 cm³/mol. The minimum absolute atomic E-state index is 0.0243. The van der Waals surface area contributed by atoms with Crippen LogP contribution in [0.2, 0.25) is 5.02 Å². The molecule has 0 saturated heterocycles. The van der Waals surface area contributed by atoms with Gasteiger partial charge in [-0.2, -0.15) is 0 Å². The van der Waals surface area contributed by atoms with Crippen LogP contribution >= 0.6 is 22.9 Å². The zero-order chi connectivity index (χ0) is 21.6. The largest absolute Gasteiger partial charge is 0.353 e. The molecule has 0 fully saturated rings. The molecule has 0 radical (unpaired) electrons. The smallest absolute Gasteiger partial charge is 0.225 e. The minimum atomic E-state index is -0.480. The number of carbonyl (C=O) groups is 1. The molecule has 1 unspecified atom stereocenters. The molecule has 1 N–H and O–H groups in total. The van der Waals surface area contributed by atoms with Gasteiger partial charge in [-0.3, -0.25) is 14.4 Å². The van der Waals surface area contributed by atoms with Crippen LogP contribution in [0.4, 0.5) is 0 Å². The number of nitrogens with one attached hydrogen (secondary N) is 1. The molecule has 1 atom stereocenters. The fourth-order valence-corrected chi connectivity index (χ4v) is 4.66. The fraction of sp³-hybridized carbons (Fsp3) is 0.364. The number of rotatable bonds is 3. The van der Waals surface area contributed by atoms with Crippen molar-refractivity contribution >= 4 is 34.6 Å². The molecule has 1 amide bonds. The molecular formula is C22H24ClN5OS. The third kappa shape index (κ3) is 3.68. The molecule has 0 spiro atoms. The molecule has 6 nitrogen and oxygen atoms in total. The van der Waals surface area contributed by atoms with Crippen molar-refractivity contribution in [1.29, 1.82) is 0 Å². The first-order valence-corrected chi connectivity index (χ1v) is 11.1. The number of halogens is 1. The van der Waals surface area contributed by atoms with Crippen LogP contribution in [0.5, 0.6) is 0 Å². The van der Waals surface area contributed by atoms with Crippen LogP contribution in [-0.2, 0) is 4.79 Å². The second-order valence-corrected chi connectivity index (χ2v) is 9.79. The molecule has 156 valence electrons. The first-order chi connectivity index (χ1) is 14.2. The van der Waals surface area contributed by atoms with Crippen LogP contribution in [0, 0.1) is 19.3 Å². The van der Waals surface area contributed by atoms with Gasteiger partial charge in [0.2, 0.25) is 5.91 Å². The number of hydrogen-bond acceptors (Lipinski definition) is 5. The molecule has 0 aliphatic carbocycles. The maximum atomic E-state index is 12.5. The van der Waals surface area contributed by atoms with E-state index in [-0.39, 0.29) is 11.9 Å². The quantitative estimate of drug-likeness (QED) is 0.642. The maximum Gasteiger partial charge on any atom is 0.225 e. The standard InChI is InChI=1S/C22H24ClN5OS/c1-12-11-30-20-17(12)18(14-6-8-15(23)9-7-14)25-16(10-24-21(29)22(3,4)5)19-27-26-13(2)28(19)20/h6-9,11,16H,10H2,1-5H3,(H,24,29). The number of aliphatic imine (C=N–C) groups is 1. The summed E-state index contributed by atoms with van der Waals surface area (Å²) in [4.78, 5) is 17.6. The van der Waals surface area contributed by atoms with Gasteiger partial charge < -0.3 is 5.32 Å². The Bertz CT molecular complexity index is 1140. The Kier molecular flexibility index (Phi) is 5.28. The summed E-state index contributed by atoms with van der Waals surface area (Å²) in [6.07, 6.45) is 0. The predicted octanol–water partition coefficient (Wildman–Crippen LogP) is 4.65. The summed E-state index contributed by atoms with van der Waals surface area (Å²) in [6, 6.07) is 7.33. The van der Waals surface area contributed by atoms with E-state index in [2.05, 4.69) is 32.4 Å². The maximum absolute atomic E-state index is 12.5. The van der Waals surface area contributed by atoms with E-state index in [0.717, 1.165) is 39.1 Å². The number of amides is 1. The molecular weight excluding hydrogens is 418 g/mol. The van der Waals surface area contributed by atoms with Gasteiger partial charge in [-0.1, -0.05) is 44.5 Å². The minimum Gasteiger partial charge on any atom is -0.353 e. The lowest BCUT2D eigenvalue weighted by Gasteiger charge is -2.20. The average Bonchev–Trinajstić information content (AvgIpc) is 3.20. The number of thiophene rings is 1. The number of hydrogen-bond donors (Lipinski definition) is 1. The highest BCUT2D eigenvalue weighted by Crippen LogP contribution is 2.36. The highest BCUT2D eigenvalue weighted by molar-refractivity contribution is 7.13. The van der Waals surface area contributed by atoms with E-state index in [0.29, 0.717) is 11.6 Å². The van der Waals surface area contributed by atoms with Crippen LogP contribution < -0.4 is 5.32 Å². The molecule has 2 aromatic heterocycles. The van der Waals surface area contributed by atoms with Crippen molar-refractivity contribution in [2.24, 2.45) is 10.4 Å². The SMILES string of the molecule is Cc1csc2c1C(c1ccc(Cl)cc1)=NC(CNC(=O)C(C)(C)C)c1nnc(C)n1-2. The van der Waals surface area contributed by atoms with E-state index in [1.807, 2.05) is 52.0 Å². The van der Waals surface area contributed by atoms with Gasteiger partial charge in [0.05, 0.1) is 5.71 Å². The van der Waals surface area contributed by atoms with Crippen molar-refractivity contribution in [2.75, 3.05) is 6.54 Å². The highest BCUT2D eigenvalue weighted by atomic mass is 35.5. The average molecular weight is 442 g/mol. The second kappa shape index (κ2) is 7.63. The van der Waals surface area contributed by atoms with Gasteiger partial charge >= 0.3 is 0 Å². The molecule has 1 aromatic carbocycles. The molecule has 0 bridgehead atoms. The van der Waals surface area contributed by atoms with Gasteiger partial charge in [-0.25, -0.2) is 0 Å². The first-order valence-electron chi connectivity index (χ1n) is 9.79. The molecule has 3 aromatic rings. The summed E-state index contributed by atoms with van der Waals surface area (Å²) < 4.78 is 2.06. The van der Waals surface area contributed by atoms with E-state index in [9.17, 15) is 4.79 Å². The van der Waals surface area contributed by atoms with Gasteiger partial charge in [0.1, 0.15) is 16.9 Å². The molecule has 30 heavy (non-hydrogen) atoms. The van der Waals surface area contributed by atoms with Crippen LogP contribution in [-0.4, -0.2) is 32.9 Å². The Hall–Kier alpha value is -2.51. The summed E-state index contributed by atoms with van der Waals surface area (Å²) in [5.74, 6) is 1.50. The first kappa shape index (κ1) is 20.8. The molecule has 3 heterocycles. The van der Waals surface area contributed by atoms with Gasteiger partial charge in [0.15, 0.2) is 5.82 Å². The van der Waals surface area contributed by atoms with Crippen molar-refractivity contribution in [1.82, 2.24) is 20.1 Å². The van der Waals surface area contributed by atoms with Crippen LogP contribution in [0.1, 0.15) is 55.2 Å². The van der Waals surface area contributed by atoms with Crippen molar-refractivity contribution in [3.63, 3.8) is 0 Å². The summed E-state index contributed by atoms with van der Waals surface area (Å²) in [5, 5.41) is 15.6. The third-order valence-electron chi connectivity index (χ3n) is 5.08. The number of aromatic nitrogens is 3. The number of fused-ring (bicyclic) bond motifs is 3. The Balaban J connectivity index is 1.86. The molecule has 1 aliphatic heterocycles. The Labute approximate surface area is 185 Å². The lowest BCUT2D eigenvalue weighted by molar-refractivity contribution is -0.128. The molecule has 0 saturated carbocycles. The lowest BCUT2D eigenvalue weighted by Crippen LogP contribution is -2.37. The Morgan fingerprint density at radius 1 is 1.20 bits per heavy atom. The van der Waals surface area contributed by atoms with E-state index in [1.165, 1.54) is 0 Å². The summed E-state index contributed by atoms with van der Waals surface area (Å²) in [5.41, 5.74) is 3.58. The Morgan fingerprint density at radius 2 is 1.90 bits per heavy atom. The topological polar surface area (TPSA) is 72.2 Å².